The Morgan fingerprint density at radius 2 is 1.29 bits per heavy atom. The third kappa shape index (κ3) is 4.93. The van der Waals surface area contributed by atoms with Gasteiger partial charge in [0.15, 0.2) is 0 Å². The monoisotopic (exact) mass is 816 g/mol. The fourth-order valence-electron chi connectivity index (χ4n) is 11.9. The van der Waals surface area contributed by atoms with Gasteiger partial charge in [-0.1, -0.05) is 156 Å². The summed E-state index contributed by atoms with van der Waals surface area (Å²) in [6.07, 6.45) is 5.82. The first-order chi connectivity index (χ1) is 30.2. The van der Waals surface area contributed by atoms with E-state index in [4.69, 9.17) is 0 Å². The summed E-state index contributed by atoms with van der Waals surface area (Å²) in [6.45, 7) is 12.2. The van der Waals surface area contributed by atoms with Gasteiger partial charge < -0.3 is 9.38 Å². The normalized spacial score (nSPS) is 15.8. The average Bonchev–Trinajstić information content (AvgIpc) is 3.85. The van der Waals surface area contributed by atoms with E-state index in [1.165, 1.54) is 145 Å². The van der Waals surface area contributed by atoms with E-state index in [9.17, 15) is 0 Å². The average molecular weight is 817 g/mol. The van der Waals surface area contributed by atoms with Crippen molar-refractivity contribution in [2.24, 2.45) is 0 Å². The molecular weight excluding hydrogens is 768 g/mol. The van der Waals surface area contributed by atoms with Gasteiger partial charge in [-0.3, -0.25) is 0 Å². The molecular formula is C58H49BN2S. The number of para-hydroxylation sites is 1. The van der Waals surface area contributed by atoms with Crippen molar-refractivity contribution in [3.05, 3.63) is 162 Å². The number of unbranched alkanes of at least 4 members (excludes halogenated alkanes) is 1. The fraction of sp³-hybridized carbons (Fsp3) is 0.207. The summed E-state index contributed by atoms with van der Waals surface area (Å²) in [7, 11) is 0. The molecule has 2 aromatic heterocycles. The van der Waals surface area contributed by atoms with E-state index < -0.39 is 0 Å². The zero-order valence-electron chi connectivity index (χ0n) is 36.3. The van der Waals surface area contributed by atoms with Crippen LogP contribution in [0.1, 0.15) is 77.0 Å². The van der Waals surface area contributed by atoms with Gasteiger partial charge >= 0.3 is 6.85 Å². The van der Waals surface area contributed by atoms with E-state index in [1.807, 2.05) is 11.3 Å². The van der Waals surface area contributed by atoms with Gasteiger partial charge in [0.2, 0.25) is 0 Å². The largest absolute Gasteiger partial charge is 0.374 e. The summed E-state index contributed by atoms with van der Waals surface area (Å²) >= 11 is 2.05. The molecule has 0 fully saturated rings. The van der Waals surface area contributed by atoms with Crippen molar-refractivity contribution in [2.45, 2.75) is 77.6 Å². The van der Waals surface area contributed by atoms with Gasteiger partial charge in [0.05, 0.1) is 11.4 Å². The minimum absolute atomic E-state index is 0.0176. The highest BCUT2D eigenvalue weighted by Crippen LogP contribution is 2.55. The van der Waals surface area contributed by atoms with Crippen LogP contribution in [0.2, 0.25) is 0 Å². The Hall–Kier alpha value is -6.10. The summed E-state index contributed by atoms with van der Waals surface area (Å²) in [4.78, 5) is 2.73. The van der Waals surface area contributed by atoms with Gasteiger partial charge in [-0.05, 0) is 116 Å². The lowest BCUT2D eigenvalue weighted by molar-refractivity contribution is 0.332. The molecule has 300 valence electrons. The maximum atomic E-state index is 2.79. The minimum atomic E-state index is -0.0176. The molecule has 1 aliphatic carbocycles. The molecule has 0 amide bonds. The fourth-order valence-corrected chi connectivity index (χ4v) is 13.2. The highest BCUT2D eigenvalue weighted by atomic mass is 32.1. The van der Waals surface area contributed by atoms with Crippen LogP contribution in [0.15, 0.2) is 146 Å². The van der Waals surface area contributed by atoms with Crippen LogP contribution in [0.3, 0.4) is 0 Å². The Morgan fingerprint density at radius 1 is 0.581 bits per heavy atom. The molecule has 0 saturated carbocycles. The molecule has 8 aromatic carbocycles. The number of hydrogen-bond donors (Lipinski definition) is 0. The Bertz CT molecular complexity index is 3530. The highest BCUT2D eigenvalue weighted by molar-refractivity contribution is 7.32. The quantitative estimate of drug-likeness (QED) is 0.157. The minimum Gasteiger partial charge on any atom is -0.374 e. The number of rotatable bonds is 5. The molecule has 2 aliphatic heterocycles. The molecule has 0 saturated heterocycles. The molecule has 0 atom stereocenters. The number of hydrogen-bond acceptors (Lipinski definition) is 2. The second-order valence-electron chi connectivity index (χ2n) is 19.7. The van der Waals surface area contributed by atoms with Crippen LogP contribution in [0.4, 0.5) is 17.1 Å². The third-order valence-corrected chi connectivity index (χ3v) is 16.4. The number of aromatic nitrogens is 1. The van der Waals surface area contributed by atoms with Gasteiger partial charge in [0.1, 0.15) is 0 Å². The van der Waals surface area contributed by atoms with Crippen LogP contribution in [0.25, 0.3) is 75.7 Å². The van der Waals surface area contributed by atoms with E-state index in [0.29, 0.717) is 0 Å². The zero-order chi connectivity index (χ0) is 41.6. The first-order valence-electron chi connectivity index (χ1n) is 22.8. The summed E-state index contributed by atoms with van der Waals surface area (Å²) in [5.41, 5.74) is 17.9. The maximum Gasteiger partial charge on any atom is 0.343 e. The van der Waals surface area contributed by atoms with Crippen LogP contribution in [0.5, 0.6) is 0 Å². The Kier molecular flexibility index (Phi) is 7.65. The Labute approximate surface area is 368 Å². The summed E-state index contributed by atoms with van der Waals surface area (Å²) in [5, 5.41) is 9.25. The second-order valence-corrected chi connectivity index (χ2v) is 20.8. The molecule has 4 heterocycles. The zero-order valence-corrected chi connectivity index (χ0v) is 37.1. The van der Waals surface area contributed by atoms with Crippen LogP contribution in [-0.4, -0.2) is 11.3 Å². The smallest absolute Gasteiger partial charge is 0.343 e. The van der Waals surface area contributed by atoms with Crippen molar-refractivity contribution >= 4 is 98.9 Å². The number of benzene rings is 8. The predicted octanol–water partition coefficient (Wildman–Crippen LogP) is 15.1. The van der Waals surface area contributed by atoms with Gasteiger partial charge in [-0.25, -0.2) is 0 Å². The molecule has 0 radical (unpaired) electrons. The van der Waals surface area contributed by atoms with Gasteiger partial charge in [0.25, 0.3) is 0 Å². The van der Waals surface area contributed by atoms with Crippen LogP contribution < -0.4 is 15.1 Å². The molecule has 2 nitrogen and oxygen atoms in total. The molecule has 10 aromatic rings. The lowest BCUT2D eigenvalue weighted by atomic mass is 9.48. The maximum absolute atomic E-state index is 2.79. The number of thiophene rings is 1. The van der Waals surface area contributed by atoms with Crippen molar-refractivity contribution in [1.29, 1.82) is 0 Å². The van der Waals surface area contributed by atoms with Crippen LogP contribution in [-0.2, 0) is 17.3 Å². The first-order valence-corrected chi connectivity index (χ1v) is 23.6. The standard InChI is InChI=1S/C58H49BN2S/c1-6-7-16-35-25-28-48(44(31-35)36-17-9-8-10-18-36)60-49-32-38-20-12-13-21-39(38)51-43-24-15-23-41-42-27-26-37-19-11-14-22-40(37)53(42)61(54(41)43)59(52(49)51)56-55(60)45-33-46-47(34-50(45)62-56)58(4,5)30-29-57(46,2)3/h8-15,17-28,31-34H,6-7,16,29-30H2,1-5H3. The summed E-state index contributed by atoms with van der Waals surface area (Å²) in [6, 6.07) is 56.4. The van der Waals surface area contributed by atoms with Crippen molar-refractivity contribution in [1.82, 2.24) is 4.48 Å². The molecule has 62 heavy (non-hydrogen) atoms. The van der Waals surface area contributed by atoms with Crippen LogP contribution >= 0.6 is 11.3 Å². The number of fused-ring (bicyclic) bond motifs is 14. The van der Waals surface area contributed by atoms with Gasteiger partial charge in [-0.2, -0.15) is 0 Å². The van der Waals surface area contributed by atoms with E-state index in [-0.39, 0.29) is 17.7 Å². The van der Waals surface area contributed by atoms with Crippen molar-refractivity contribution in [2.75, 3.05) is 4.90 Å². The molecule has 0 spiro atoms. The SMILES string of the molecule is CCCCc1ccc(N2c3cc4ccccc4c4c3B(c3sc5cc6c(cc5c32)C(C)(C)CCC6(C)C)n2c3c-4cccc3c3ccc4ccccc4c32)c(-c2ccccc2)c1. The first kappa shape index (κ1) is 36.5. The molecule has 4 heteroatoms. The van der Waals surface area contributed by atoms with E-state index in [2.05, 4.69) is 190 Å². The summed E-state index contributed by atoms with van der Waals surface area (Å²) < 4.78 is 5.60. The third-order valence-electron chi connectivity index (χ3n) is 15.2. The lowest BCUT2D eigenvalue weighted by Gasteiger charge is -2.42. The molecule has 0 N–H and O–H groups in total. The number of anilines is 3. The van der Waals surface area contributed by atoms with Gasteiger partial charge in [0, 0.05) is 58.9 Å². The second kappa shape index (κ2) is 13.0. The Balaban J connectivity index is 1.24. The van der Waals surface area contributed by atoms with Crippen molar-refractivity contribution in [3.8, 4) is 22.3 Å². The number of aryl methyl sites for hydroxylation is 1. The lowest BCUT2D eigenvalue weighted by Crippen LogP contribution is -2.55. The van der Waals surface area contributed by atoms with E-state index in [0.717, 1.165) is 6.42 Å². The summed E-state index contributed by atoms with van der Waals surface area (Å²) in [5.74, 6) is 0. The predicted molar refractivity (Wildman–Crippen MR) is 270 cm³/mol. The van der Waals surface area contributed by atoms with Crippen molar-refractivity contribution in [3.63, 3.8) is 0 Å². The number of nitrogens with zero attached hydrogens (tertiary/aromatic N) is 2. The molecule has 3 aliphatic rings. The highest BCUT2D eigenvalue weighted by Gasteiger charge is 2.47. The van der Waals surface area contributed by atoms with E-state index in [1.54, 1.807) is 0 Å². The van der Waals surface area contributed by atoms with E-state index >= 15 is 0 Å². The van der Waals surface area contributed by atoms with Gasteiger partial charge in [-0.15, -0.1) is 11.3 Å². The Morgan fingerprint density at radius 3 is 2.10 bits per heavy atom. The molecule has 0 bridgehead atoms. The van der Waals surface area contributed by atoms with Crippen LogP contribution in [0, 0.1) is 0 Å². The molecule has 13 rings (SSSR count). The van der Waals surface area contributed by atoms with Crippen molar-refractivity contribution < 1.29 is 0 Å². The molecule has 0 unspecified atom stereocenters. The topological polar surface area (TPSA) is 8.17 Å².